The summed E-state index contributed by atoms with van der Waals surface area (Å²) in [6.45, 7) is 15.3. The zero-order valence-electron chi connectivity index (χ0n) is 13.0. The van der Waals surface area contributed by atoms with E-state index in [1.165, 1.54) is 6.07 Å². The van der Waals surface area contributed by atoms with E-state index in [2.05, 4.69) is 6.58 Å². The van der Waals surface area contributed by atoms with Gasteiger partial charge in [-0.2, -0.15) is 0 Å². The van der Waals surface area contributed by atoms with Crippen LogP contribution < -0.4 is 16.3 Å². The molecule has 0 aliphatic carbocycles. The van der Waals surface area contributed by atoms with E-state index in [4.69, 9.17) is 9.52 Å². The Morgan fingerprint density at radius 2 is 1.70 bits per heavy atom. The predicted octanol–water partition coefficient (Wildman–Crippen LogP) is 2.30. The Morgan fingerprint density at radius 1 is 1.20 bits per heavy atom. The first-order chi connectivity index (χ1) is 9.25. The molecule has 0 atom stereocenters. The molecule has 110 valence electrons. The van der Waals surface area contributed by atoms with Crippen LogP contribution in [0.2, 0.25) is 0 Å². The monoisotopic (exact) mass is 278 g/mol. The molecule has 4 heteroatoms. The number of rotatable bonds is 2. The molecule has 4 nitrogen and oxygen atoms in total. The van der Waals surface area contributed by atoms with Crippen molar-refractivity contribution in [1.29, 1.82) is 0 Å². The molecule has 1 N–H and O–H groups in total. The maximum atomic E-state index is 11.4. The molecule has 0 unspecified atom stereocenters. The molecule has 0 saturated heterocycles. The normalized spacial score (nSPS) is 11.1. The Balaban J connectivity index is 0.00000172. The molecule has 1 rings (SSSR count). The Labute approximate surface area is 118 Å². The van der Waals surface area contributed by atoms with E-state index in [1.54, 1.807) is 0 Å². The standard InChI is InChI=1S/C14H16O4.C2H6/c1-7(2)8(3)9(4)11-6-12(13(15)16)14(17)18-10(11)5;1-2/h6H,5H2,1-4H3,(H,15,16);1-2H3/b11-9-;. The van der Waals surface area contributed by atoms with E-state index in [9.17, 15) is 9.59 Å². The fourth-order valence-corrected chi connectivity index (χ4v) is 1.55. The van der Waals surface area contributed by atoms with Crippen molar-refractivity contribution in [1.82, 2.24) is 0 Å². The molecule has 1 aromatic rings. The topological polar surface area (TPSA) is 67.5 Å². The van der Waals surface area contributed by atoms with Crippen LogP contribution in [0, 0.1) is 0 Å². The SMILES string of the molecule is C=c1oc(=O)c(C(=O)O)c/c1=C(\C)C(C)=C(C)C.CC. The first kappa shape index (κ1) is 17.9. The molecule has 0 spiro atoms. The molecule has 1 heterocycles. The van der Waals surface area contributed by atoms with Crippen molar-refractivity contribution in [2.75, 3.05) is 0 Å². The van der Waals surface area contributed by atoms with Crippen LogP contribution in [0.1, 0.15) is 51.9 Å². The summed E-state index contributed by atoms with van der Waals surface area (Å²) in [5, 5.41) is 9.46. The smallest absolute Gasteiger partial charge is 0.350 e. The van der Waals surface area contributed by atoms with Crippen LogP contribution in [-0.2, 0) is 0 Å². The van der Waals surface area contributed by atoms with E-state index in [0.29, 0.717) is 5.22 Å². The van der Waals surface area contributed by atoms with Gasteiger partial charge in [-0.3, -0.25) is 0 Å². The van der Waals surface area contributed by atoms with Gasteiger partial charge in [-0.15, -0.1) is 0 Å². The summed E-state index contributed by atoms with van der Waals surface area (Å²) >= 11 is 0. The highest BCUT2D eigenvalue weighted by Crippen LogP contribution is 2.12. The van der Waals surface area contributed by atoms with Gasteiger partial charge in [0.15, 0.2) is 0 Å². The summed E-state index contributed by atoms with van der Waals surface area (Å²) in [5.74, 6) is -1.30. The number of aromatic carboxylic acids is 1. The predicted molar refractivity (Wildman–Crippen MR) is 81.2 cm³/mol. The van der Waals surface area contributed by atoms with Gasteiger partial charge in [0.05, 0.1) is 0 Å². The number of hydrogen-bond acceptors (Lipinski definition) is 3. The third-order valence-corrected chi connectivity index (χ3v) is 2.97. The second kappa shape index (κ2) is 7.48. The number of allylic oxidation sites excluding steroid dienone is 2. The lowest BCUT2D eigenvalue weighted by atomic mass is 10.0. The van der Waals surface area contributed by atoms with Crippen molar-refractivity contribution in [3.63, 3.8) is 0 Å². The highest BCUT2D eigenvalue weighted by Gasteiger charge is 2.11. The molecule has 0 aliphatic rings. The van der Waals surface area contributed by atoms with E-state index >= 15 is 0 Å². The first-order valence-electron chi connectivity index (χ1n) is 6.47. The van der Waals surface area contributed by atoms with Gasteiger partial charge in [-0.1, -0.05) is 26.0 Å². The molecule has 0 fully saturated rings. The van der Waals surface area contributed by atoms with Gasteiger partial charge < -0.3 is 9.52 Å². The zero-order valence-corrected chi connectivity index (χ0v) is 13.0. The summed E-state index contributed by atoms with van der Waals surface area (Å²) in [5.41, 5.74) is 1.91. The van der Waals surface area contributed by atoms with Gasteiger partial charge in [0.1, 0.15) is 11.0 Å². The van der Waals surface area contributed by atoms with Crippen molar-refractivity contribution in [2.45, 2.75) is 41.5 Å². The quantitative estimate of drug-likeness (QED) is 0.901. The Morgan fingerprint density at radius 3 is 2.10 bits per heavy atom. The molecule has 0 aliphatic heterocycles. The van der Waals surface area contributed by atoms with Crippen LogP contribution in [0.25, 0.3) is 12.2 Å². The maximum absolute atomic E-state index is 11.4. The van der Waals surface area contributed by atoms with E-state index in [0.717, 1.165) is 16.7 Å². The van der Waals surface area contributed by atoms with Crippen molar-refractivity contribution < 1.29 is 14.3 Å². The van der Waals surface area contributed by atoms with Gasteiger partial charge in [-0.25, -0.2) is 9.59 Å². The lowest BCUT2D eigenvalue weighted by molar-refractivity contribution is 0.0691. The molecule has 0 aromatic carbocycles. The molecule has 20 heavy (non-hydrogen) atoms. The van der Waals surface area contributed by atoms with E-state index < -0.39 is 11.6 Å². The minimum atomic E-state index is -1.30. The van der Waals surface area contributed by atoms with Crippen LogP contribution >= 0.6 is 0 Å². The van der Waals surface area contributed by atoms with Gasteiger partial charge in [0.25, 0.3) is 0 Å². The van der Waals surface area contributed by atoms with Crippen molar-refractivity contribution >= 4 is 18.1 Å². The van der Waals surface area contributed by atoms with Crippen LogP contribution in [-0.4, -0.2) is 11.1 Å². The summed E-state index contributed by atoms with van der Waals surface area (Å²) in [4.78, 5) is 22.3. The zero-order chi connectivity index (χ0) is 16.0. The second-order valence-electron chi connectivity index (χ2n) is 4.34. The highest BCUT2D eigenvalue weighted by atomic mass is 16.4. The molecule has 0 radical (unpaired) electrons. The Kier molecular flexibility index (Phi) is 6.69. The Hall–Kier alpha value is -2.10. The summed E-state index contributed by atoms with van der Waals surface area (Å²) in [6.07, 6.45) is 0. The minimum absolute atomic E-state index is 0.183. The fraction of sp³-hybridized carbons (Fsp3) is 0.375. The first-order valence-corrected chi connectivity index (χ1v) is 6.47. The van der Waals surface area contributed by atoms with Crippen molar-refractivity contribution in [3.8, 4) is 0 Å². The lowest BCUT2D eigenvalue weighted by Crippen LogP contribution is -2.33. The van der Waals surface area contributed by atoms with Gasteiger partial charge >= 0.3 is 11.6 Å². The van der Waals surface area contributed by atoms with E-state index in [-0.39, 0.29) is 11.0 Å². The maximum Gasteiger partial charge on any atom is 0.350 e. The van der Waals surface area contributed by atoms with Crippen LogP contribution in [0.5, 0.6) is 0 Å². The van der Waals surface area contributed by atoms with Crippen molar-refractivity contribution in [3.05, 3.63) is 43.8 Å². The minimum Gasteiger partial charge on any atom is -0.477 e. The van der Waals surface area contributed by atoms with Gasteiger partial charge in [-0.05, 0) is 44.9 Å². The molecule has 0 bridgehead atoms. The second-order valence-corrected chi connectivity index (χ2v) is 4.34. The largest absolute Gasteiger partial charge is 0.477 e. The molecular weight excluding hydrogens is 256 g/mol. The van der Waals surface area contributed by atoms with Gasteiger partial charge in [0, 0.05) is 5.22 Å². The van der Waals surface area contributed by atoms with Crippen LogP contribution in [0.4, 0.5) is 0 Å². The molecular formula is C16H22O4. The van der Waals surface area contributed by atoms with Gasteiger partial charge in [0.2, 0.25) is 0 Å². The number of carboxylic acid groups (broad SMARTS) is 1. The highest BCUT2D eigenvalue weighted by molar-refractivity contribution is 5.87. The molecule has 0 saturated carbocycles. The molecule has 0 amide bonds. The third kappa shape index (κ3) is 3.95. The van der Waals surface area contributed by atoms with E-state index in [1.807, 2.05) is 41.5 Å². The third-order valence-electron chi connectivity index (χ3n) is 2.97. The van der Waals surface area contributed by atoms with Crippen LogP contribution in [0.15, 0.2) is 26.4 Å². The summed E-state index contributed by atoms with van der Waals surface area (Å²) in [6, 6.07) is 1.32. The number of carbonyl (C=O) groups is 1. The summed E-state index contributed by atoms with van der Waals surface area (Å²) < 4.78 is 4.86. The lowest BCUT2D eigenvalue weighted by Gasteiger charge is -2.04. The summed E-state index contributed by atoms with van der Waals surface area (Å²) in [7, 11) is 0. The fourth-order valence-electron chi connectivity index (χ4n) is 1.55. The van der Waals surface area contributed by atoms with Crippen LogP contribution in [0.3, 0.4) is 0 Å². The molecule has 1 aromatic heterocycles. The Bertz CT molecular complexity index is 686. The number of carboxylic acids is 1. The average molecular weight is 278 g/mol. The number of hydrogen-bond donors (Lipinski definition) is 1. The van der Waals surface area contributed by atoms with Crippen molar-refractivity contribution in [2.24, 2.45) is 0 Å². The average Bonchev–Trinajstić information content (AvgIpc) is 2.39.